The van der Waals surface area contributed by atoms with E-state index < -0.39 is 0 Å². The van der Waals surface area contributed by atoms with E-state index >= 15 is 0 Å². The lowest BCUT2D eigenvalue weighted by Crippen LogP contribution is -2.43. The van der Waals surface area contributed by atoms with Gasteiger partial charge in [-0.3, -0.25) is 4.98 Å². The first-order valence-electron chi connectivity index (χ1n) is 6.12. The molecule has 16 heavy (non-hydrogen) atoms. The third kappa shape index (κ3) is 2.80. The Labute approximate surface area is 97.7 Å². The third-order valence-electron chi connectivity index (χ3n) is 3.57. The predicted molar refractivity (Wildman–Crippen MR) is 66.2 cm³/mol. The van der Waals surface area contributed by atoms with Gasteiger partial charge in [0, 0.05) is 31.0 Å². The van der Waals surface area contributed by atoms with E-state index in [1.165, 1.54) is 24.8 Å². The molecular formula is C13H21N3. The van der Waals surface area contributed by atoms with Crippen molar-refractivity contribution >= 4 is 0 Å². The summed E-state index contributed by atoms with van der Waals surface area (Å²) in [5.74, 6) is 0. The summed E-state index contributed by atoms with van der Waals surface area (Å²) in [6, 6.07) is 5.09. The quantitative estimate of drug-likeness (QED) is 0.833. The van der Waals surface area contributed by atoms with Crippen LogP contribution in [-0.4, -0.2) is 35.6 Å². The maximum atomic E-state index is 6.09. The normalized spacial score (nSPS) is 25.2. The molecule has 0 aromatic carbocycles. The summed E-state index contributed by atoms with van der Waals surface area (Å²) in [6.07, 6.45) is 8.55. The second kappa shape index (κ2) is 5.41. The molecule has 1 fully saturated rings. The summed E-state index contributed by atoms with van der Waals surface area (Å²) in [5, 5.41) is 0. The van der Waals surface area contributed by atoms with E-state index in [9.17, 15) is 0 Å². The molecule has 88 valence electrons. The van der Waals surface area contributed by atoms with Gasteiger partial charge in [0.25, 0.3) is 0 Å². The van der Waals surface area contributed by atoms with Gasteiger partial charge in [-0.2, -0.15) is 0 Å². The third-order valence-corrected chi connectivity index (χ3v) is 3.57. The van der Waals surface area contributed by atoms with Gasteiger partial charge in [-0.15, -0.1) is 0 Å². The van der Waals surface area contributed by atoms with E-state index in [-0.39, 0.29) is 0 Å². The Morgan fingerprint density at radius 1 is 1.50 bits per heavy atom. The van der Waals surface area contributed by atoms with Gasteiger partial charge >= 0.3 is 0 Å². The number of hydrogen-bond donors (Lipinski definition) is 1. The Morgan fingerprint density at radius 2 is 2.38 bits per heavy atom. The molecule has 1 heterocycles. The van der Waals surface area contributed by atoms with Crippen LogP contribution in [0, 0.1) is 0 Å². The molecule has 3 nitrogen and oxygen atoms in total. The fraction of sp³-hybridized carbons (Fsp3) is 0.615. The largest absolute Gasteiger partial charge is 0.326 e. The lowest BCUT2D eigenvalue weighted by atomic mass is 10.1. The minimum atomic E-state index is 0.374. The first kappa shape index (κ1) is 11.6. The Hall–Kier alpha value is -0.930. The molecule has 0 bridgehead atoms. The number of nitrogens with two attached hydrogens (primary N) is 1. The summed E-state index contributed by atoms with van der Waals surface area (Å²) in [6.45, 7) is 1.07. The standard InChI is InChI=1S/C13H21N3/c1-16(13-6-2-5-12(13)14)9-7-11-4-3-8-15-10-11/h3-4,8,10,12-13H,2,5-7,9,14H2,1H3. The van der Waals surface area contributed by atoms with Crippen LogP contribution in [0.5, 0.6) is 0 Å². The van der Waals surface area contributed by atoms with Crippen molar-refractivity contribution in [3.05, 3.63) is 30.1 Å². The average molecular weight is 219 g/mol. The molecular weight excluding hydrogens is 198 g/mol. The Morgan fingerprint density at radius 3 is 3.00 bits per heavy atom. The van der Waals surface area contributed by atoms with E-state index in [0.717, 1.165) is 13.0 Å². The highest BCUT2D eigenvalue weighted by atomic mass is 15.1. The average Bonchev–Trinajstić information content (AvgIpc) is 2.74. The highest BCUT2D eigenvalue weighted by Crippen LogP contribution is 2.21. The van der Waals surface area contributed by atoms with E-state index in [2.05, 4.69) is 23.0 Å². The van der Waals surface area contributed by atoms with Crippen molar-refractivity contribution in [2.45, 2.75) is 37.8 Å². The lowest BCUT2D eigenvalue weighted by Gasteiger charge is -2.27. The zero-order chi connectivity index (χ0) is 11.4. The number of hydrogen-bond acceptors (Lipinski definition) is 3. The highest BCUT2D eigenvalue weighted by molar-refractivity contribution is 5.08. The topological polar surface area (TPSA) is 42.2 Å². The van der Waals surface area contributed by atoms with Crippen LogP contribution in [0.25, 0.3) is 0 Å². The summed E-state index contributed by atoms with van der Waals surface area (Å²) >= 11 is 0. The zero-order valence-corrected chi connectivity index (χ0v) is 9.97. The van der Waals surface area contributed by atoms with Crippen LogP contribution >= 0.6 is 0 Å². The number of likely N-dealkylation sites (N-methyl/N-ethyl adjacent to an activating group) is 1. The highest BCUT2D eigenvalue weighted by Gasteiger charge is 2.26. The second-order valence-electron chi connectivity index (χ2n) is 4.75. The molecule has 1 aromatic heterocycles. The molecule has 2 N–H and O–H groups in total. The van der Waals surface area contributed by atoms with Crippen molar-refractivity contribution in [2.75, 3.05) is 13.6 Å². The van der Waals surface area contributed by atoms with E-state index in [0.29, 0.717) is 12.1 Å². The molecule has 0 aliphatic heterocycles. The summed E-state index contributed by atoms with van der Waals surface area (Å²) in [7, 11) is 2.19. The minimum Gasteiger partial charge on any atom is -0.326 e. The van der Waals surface area contributed by atoms with Crippen LogP contribution in [0.3, 0.4) is 0 Å². The number of rotatable bonds is 4. The Bertz CT molecular complexity index is 312. The molecule has 0 amide bonds. The molecule has 1 aromatic rings. The molecule has 1 aliphatic rings. The number of aromatic nitrogens is 1. The molecule has 2 unspecified atom stereocenters. The van der Waals surface area contributed by atoms with Gasteiger partial charge in [-0.25, -0.2) is 0 Å². The van der Waals surface area contributed by atoms with Gasteiger partial charge in [0.15, 0.2) is 0 Å². The molecule has 0 radical (unpaired) electrons. The number of nitrogens with zero attached hydrogens (tertiary/aromatic N) is 2. The van der Waals surface area contributed by atoms with Crippen molar-refractivity contribution < 1.29 is 0 Å². The van der Waals surface area contributed by atoms with E-state index in [4.69, 9.17) is 5.73 Å². The summed E-state index contributed by atoms with van der Waals surface area (Å²) < 4.78 is 0. The van der Waals surface area contributed by atoms with Gasteiger partial charge in [0.1, 0.15) is 0 Å². The van der Waals surface area contributed by atoms with Gasteiger partial charge < -0.3 is 10.6 Å². The van der Waals surface area contributed by atoms with Crippen LogP contribution in [0.2, 0.25) is 0 Å². The smallest absolute Gasteiger partial charge is 0.0300 e. The van der Waals surface area contributed by atoms with Gasteiger partial charge in [-0.1, -0.05) is 12.5 Å². The van der Waals surface area contributed by atoms with Crippen molar-refractivity contribution in [2.24, 2.45) is 5.73 Å². The van der Waals surface area contributed by atoms with Gasteiger partial charge in [0.05, 0.1) is 0 Å². The molecule has 0 saturated heterocycles. The SMILES string of the molecule is CN(CCc1cccnc1)C1CCCC1N. The van der Waals surface area contributed by atoms with Crippen LogP contribution < -0.4 is 5.73 Å². The summed E-state index contributed by atoms with van der Waals surface area (Å²) in [5.41, 5.74) is 7.40. The molecule has 2 rings (SSSR count). The maximum absolute atomic E-state index is 6.09. The van der Waals surface area contributed by atoms with Crippen LogP contribution in [0.15, 0.2) is 24.5 Å². The van der Waals surface area contributed by atoms with Crippen LogP contribution in [-0.2, 0) is 6.42 Å². The second-order valence-corrected chi connectivity index (χ2v) is 4.75. The van der Waals surface area contributed by atoms with Crippen LogP contribution in [0.1, 0.15) is 24.8 Å². The summed E-state index contributed by atoms with van der Waals surface area (Å²) in [4.78, 5) is 6.54. The minimum absolute atomic E-state index is 0.374. The van der Waals surface area contributed by atoms with Crippen LogP contribution in [0.4, 0.5) is 0 Å². The zero-order valence-electron chi connectivity index (χ0n) is 9.97. The lowest BCUT2D eigenvalue weighted by molar-refractivity contribution is 0.231. The fourth-order valence-corrected chi connectivity index (χ4v) is 2.53. The molecule has 2 atom stereocenters. The molecule has 3 heteroatoms. The Kier molecular flexibility index (Phi) is 3.91. The first-order valence-corrected chi connectivity index (χ1v) is 6.12. The van der Waals surface area contributed by atoms with Crippen molar-refractivity contribution in [1.82, 2.24) is 9.88 Å². The van der Waals surface area contributed by atoms with E-state index in [1.54, 1.807) is 0 Å². The first-order chi connectivity index (χ1) is 7.77. The van der Waals surface area contributed by atoms with E-state index in [1.807, 2.05) is 18.5 Å². The van der Waals surface area contributed by atoms with Crippen molar-refractivity contribution in [1.29, 1.82) is 0 Å². The maximum Gasteiger partial charge on any atom is 0.0300 e. The molecule has 0 spiro atoms. The number of pyridine rings is 1. The Balaban J connectivity index is 1.81. The van der Waals surface area contributed by atoms with Crippen molar-refractivity contribution in [3.8, 4) is 0 Å². The monoisotopic (exact) mass is 219 g/mol. The predicted octanol–water partition coefficient (Wildman–Crippen LogP) is 1.44. The molecule has 1 saturated carbocycles. The fourth-order valence-electron chi connectivity index (χ4n) is 2.53. The van der Waals surface area contributed by atoms with Crippen molar-refractivity contribution in [3.63, 3.8) is 0 Å². The molecule has 1 aliphatic carbocycles. The van der Waals surface area contributed by atoms with Gasteiger partial charge in [-0.05, 0) is 37.9 Å². The van der Waals surface area contributed by atoms with Gasteiger partial charge in [0.2, 0.25) is 0 Å².